The summed E-state index contributed by atoms with van der Waals surface area (Å²) in [7, 11) is 1.56. The minimum Gasteiger partial charge on any atom is -0.408 e. The Morgan fingerprint density at radius 3 is 2.52 bits per heavy atom. The van der Waals surface area contributed by atoms with E-state index in [1.54, 1.807) is 7.05 Å². The Hall–Kier alpha value is -2.60. The lowest BCUT2D eigenvalue weighted by Crippen LogP contribution is -2.29. The number of halogens is 1. The van der Waals surface area contributed by atoms with Crippen molar-refractivity contribution in [3.63, 3.8) is 0 Å². The molecule has 3 aromatic rings. The highest BCUT2D eigenvalue weighted by atomic mass is 19.1. The molecular formula is C21H24FN3O2. The Bertz CT molecular complexity index is 985. The number of aryl methyl sites for hydroxylation is 1. The van der Waals surface area contributed by atoms with Crippen molar-refractivity contribution < 1.29 is 8.81 Å². The average Bonchev–Trinajstić information content (AvgIpc) is 2.95. The molecule has 0 amide bonds. The van der Waals surface area contributed by atoms with Gasteiger partial charge in [0.25, 0.3) is 0 Å². The first-order valence-corrected chi connectivity index (χ1v) is 9.43. The van der Waals surface area contributed by atoms with Crippen molar-refractivity contribution in [3.05, 3.63) is 63.9 Å². The summed E-state index contributed by atoms with van der Waals surface area (Å²) in [5.41, 5.74) is 3.54. The molecular weight excluding hydrogens is 345 g/mol. The van der Waals surface area contributed by atoms with Gasteiger partial charge < -0.3 is 9.73 Å². The van der Waals surface area contributed by atoms with Crippen molar-refractivity contribution in [3.8, 4) is 0 Å². The van der Waals surface area contributed by atoms with Crippen LogP contribution in [0.2, 0.25) is 0 Å². The number of anilines is 1. The molecule has 0 radical (unpaired) electrons. The SMILES string of the molecule is Cn1c(=O)oc2cc(NCc3ccc(CN4CCCCC4)cc3)c(F)cc21. The summed E-state index contributed by atoms with van der Waals surface area (Å²) in [4.78, 5) is 14.1. The summed E-state index contributed by atoms with van der Waals surface area (Å²) in [6.07, 6.45) is 3.93. The van der Waals surface area contributed by atoms with E-state index in [1.165, 1.54) is 54.6 Å². The molecule has 0 spiro atoms. The maximum absolute atomic E-state index is 14.3. The van der Waals surface area contributed by atoms with Gasteiger partial charge in [-0.3, -0.25) is 9.47 Å². The van der Waals surface area contributed by atoms with Gasteiger partial charge in [0, 0.05) is 32.3 Å². The normalized spacial score (nSPS) is 15.3. The number of oxazole rings is 1. The fraction of sp³-hybridized carbons (Fsp3) is 0.381. The maximum Gasteiger partial charge on any atom is 0.419 e. The number of aromatic nitrogens is 1. The number of nitrogens with one attached hydrogen (secondary N) is 1. The van der Waals surface area contributed by atoms with Gasteiger partial charge in [0.15, 0.2) is 5.58 Å². The van der Waals surface area contributed by atoms with Crippen LogP contribution >= 0.6 is 0 Å². The van der Waals surface area contributed by atoms with Gasteiger partial charge in [0.05, 0.1) is 11.2 Å². The van der Waals surface area contributed by atoms with Gasteiger partial charge in [-0.05, 0) is 37.1 Å². The van der Waals surface area contributed by atoms with E-state index < -0.39 is 11.6 Å². The number of rotatable bonds is 5. The zero-order valence-corrected chi connectivity index (χ0v) is 15.5. The van der Waals surface area contributed by atoms with E-state index in [4.69, 9.17) is 4.42 Å². The third kappa shape index (κ3) is 3.90. The molecule has 4 rings (SSSR count). The van der Waals surface area contributed by atoms with Crippen molar-refractivity contribution in [1.82, 2.24) is 9.47 Å². The van der Waals surface area contributed by atoms with Gasteiger partial charge in [-0.25, -0.2) is 9.18 Å². The van der Waals surface area contributed by atoms with E-state index in [1.807, 2.05) is 0 Å². The Morgan fingerprint density at radius 2 is 1.78 bits per heavy atom. The van der Waals surface area contributed by atoms with Crippen molar-refractivity contribution in [2.24, 2.45) is 7.05 Å². The Morgan fingerprint density at radius 1 is 1.07 bits per heavy atom. The zero-order valence-electron chi connectivity index (χ0n) is 15.5. The lowest BCUT2D eigenvalue weighted by atomic mass is 10.1. The number of benzene rings is 2. The summed E-state index contributed by atoms with van der Waals surface area (Å²) < 4.78 is 20.7. The monoisotopic (exact) mass is 369 g/mol. The molecule has 5 nitrogen and oxygen atoms in total. The van der Waals surface area contributed by atoms with E-state index >= 15 is 0 Å². The van der Waals surface area contributed by atoms with Crippen LogP contribution in [0.15, 0.2) is 45.6 Å². The molecule has 0 saturated carbocycles. The second-order valence-electron chi connectivity index (χ2n) is 7.23. The first-order valence-electron chi connectivity index (χ1n) is 9.43. The molecule has 0 unspecified atom stereocenters. The standard InChI is InChI=1S/C21H24FN3O2/c1-24-19-11-17(22)18(12-20(19)27-21(24)26)23-13-15-5-7-16(8-6-15)14-25-9-3-2-4-10-25/h5-8,11-12,23H,2-4,9-10,13-14H2,1H3. The number of hydrogen-bond acceptors (Lipinski definition) is 4. The van der Waals surface area contributed by atoms with Crippen LogP contribution in [0.3, 0.4) is 0 Å². The number of piperidine rings is 1. The highest BCUT2D eigenvalue weighted by Gasteiger charge is 2.12. The van der Waals surface area contributed by atoms with Crippen LogP contribution in [0.25, 0.3) is 11.1 Å². The Balaban J connectivity index is 1.41. The Labute approximate surface area is 157 Å². The predicted octanol–water partition coefficient (Wildman–Crippen LogP) is 3.87. The topological polar surface area (TPSA) is 50.4 Å². The smallest absolute Gasteiger partial charge is 0.408 e. The molecule has 1 aliphatic rings. The lowest BCUT2D eigenvalue weighted by molar-refractivity contribution is 0.221. The molecule has 0 atom stereocenters. The molecule has 6 heteroatoms. The van der Waals surface area contributed by atoms with E-state index in [0.29, 0.717) is 23.3 Å². The number of nitrogens with zero attached hydrogens (tertiary/aromatic N) is 2. The van der Waals surface area contributed by atoms with Crippen molar-refractivity contribution in [2.45, 2.75) is 32.4 Å². The number of likely N-dealkylation sites (tertiary alicyclic amines) is 1. The van der Waals surface area contributed by atoms with Crippen LogP contribution in [-0.4, -0.2) is 22.6 Å². The van der Waals surface area contributed by atoms with Crippen LogP contribution in [-0.2, 0) is 20.1 Å². The third-order valence-corrected chi connectivity index (χ3v) is 5.24. The van der Waals surface area contributed by atoms with E-state index in [-0.39, 0.29) is 0 Å². The van der Waals surface area contributed by atoms with Crippen LogP contribution in [0.4, 0.5) is 10.1 Å². The first-order chi connectivity index (χ1) is 13.1. The van der Waals surface area contributed by atoms with Crippen LogP contribution in [0.1, 0.15) is 30.4 Å². The van der Waals surface area contributed by atoms with Gasteiger partial charge in [0.1, 0.15) is 5.82 Å². The Kier molecular flexibility index (Phi) is 4.99. The fourth-order valence-electron chi connectivity index (χ4n) is 3.62. The molecule has 1 aliphatic heterocycles. The molecule has 0 aliphatic carbocycles. The maximum atomic E-state index is 14.3. The molecule has 2 heterocycles. The largest absolute Gasteiger partial charge is 0.419 e. The summed E-state index contributed by atoms with van der Waals surface area (Å²) >= 11 is 0. The van der Waals surface area contributed by atoms with E-state index in [2.05, 4.69) is 34.5 Å². The van der Waals surface area contributed by atoms with Gasteiger partial charge >= 0.3 is 5.76 Å². The van der Waals surface area contributed by atoms with Gasteiger partial charge in [-0.15, -0.1) is 0 Å². The van der Waals surface area contributed by atoms with Crippen LogP contribution < -0.4 is 11.1 Å². The summed E-state index contributed by atoms with van der Waals surface area (Å²) in [5, 5.41) is 3.09. The summed E-state index contributed by atoms with van der Waals surface area (Å²) in [6, 6.07) is 11.3. The van der Waals surface area contributed by atoms with Gasteiger partial charge in [0.2, 0.25) is 0 Å². The molecule has 1 fully saturated rings. The fourth-order valence-corrected chi connectivity index (χ4v) is 3.62. The average molecular weight is 369 g/mol. The molecule has 0 bridgehead atoms. The molecule has 1 saturated heterocycles. The highest BCUT2D eigenvalue weighted by molar-refractivity contribution is 5.77. The number of hydrogen-bond donors (Lipinski definition) is 1. The predicted molar refractivity (Wildman–Crippen MR) is 104 cm³/mol. The molecule has 1 aromatic heterocycles. The summed E-state index contributed by atoms with van der Waals surface area (Å²) in [5.74, 6) is -0.897. The van der Waals surface area contributed by atoms with Crippen molar-refractivity contribution >= 4 is 16.8 Å². The number of fused-ring (bicyclic) bond motifs is 1. The second kappa shape index (κ2) is 7.56. The van der Waals surface area contributed by atoms with Crippen molar-refractivity contribution in [2.75, 3.05) is 18.4 Å². The second-order valence-corrected chi connectivity index (χ2v) is 7.23. The van der Waals surface area contributed by atoms with E-state index in [0.717, 1.165) is 12.1 Å². The van der Waals surface area contributed by atoms with Gasteiger partial charge in [-0.2, -0.15) is 0 Å². The van der Waals surface area contributed by atoms with E-state index in [9.17, 15) is 9.18 Å². The molecule has 27 heavy (non-hydrogen) atoms. The molecule has 142 valence electrons. The highest BCUT2D eigenvalue weighted by Crippen LogP contribution is 2.23. The van der Waals surface area contributed by atoms with Crippen molar-refractivity contribution in [1.29, 1.82) is 0 Å². The first kappa shape index (κ1) is 17.8. The minimum atomic E-state index is -0.495. The van der Waals surface area contributed by atoms with Gasteiger partial charge in [-0.1, -0.05) is 30.7 Å². The minimum absolute atomic E-state index is 0.328. The van der Waals surface area contributed by atoms with Crippen LogP contribution in [0.5, 0.6) is 0 Å². The lowest BCUT2D eigenvalue weighted by Gasteiger charge is -2.26. The molecule has 2 aromatic carbocycles. The molecule has 1 N–H and O–H groups in total. The summed E-state index contributed by atoms with van der Waals surface area (Å²) in [6.45, 7) is 3.86. The van der Waals surface area contributed by atoms with Crippen LogP contribution in [0, 0.1) is 5.82 Å². The quantitative estimate of drug-likeness (QED) is 0.742. The zero-order chi connectivity index (χ0) is 18.8. The third-order valence-electron chi connectivity index (χ3n) is 5.24.